The molecule has 2 aromatic heterocycles. The molecule has 0 saturated heterocycles. The minimum Gasteiger partial charge on any atom is -0.487 e. The third-order valence-electron chi connectivity index (χ3n) is 4.81. The highest BCUT2D eigenvalue weighted by Crippen LogP contribution is 2.18. The van der Waals surface area contributed by atoms with Gasteiger partial charge in [-0.05, 0) is 48.9 Å². The number of nitrogens with one attached hydrogen (secondary N) is 2. The maximum absolute atomic E-state index is 5.79. The summed E-state index contributed by atoms with van der Waals surface area (Å²) in [6.07, 6.45) is 3.43. The summed E-state index contributed by atoms with van der Waals surface area (Å²) >= 11 is 0. The Hall–Kier alpha value is -3.40. The second kappa shape index (κ2) is 13.3. The number of hydrogen-bond acceptors (Lipinski definition) is 5. The first-order valence-corrected chi connectivity index (χ1v) is 10.9. The number of pyridine rings is 1. The van der Waals surface area contributed by atoms with Gasteiger partial charge in [0.2, 0.25) is 5.89 Å². The van der Waals surface area contributed by atoms with E-state index in [1.807, 2.05) is 79.7 Å². The van der Waals surface area contributed by atoms with Crippen LogP contribution in [-0.4, -0.2) is 22.5 Å². The van der Waals surface area contributed by atoms with Crippen molar-refractivity contribution in [3.63, 3.8) is 0 Å². The van der Waals surface area contributed by atoms with Crippen molar-refractivity contribution in [3.8, 4) is 17.2 Å². The van der Waals surface area contributed by atoms with Crippen LogP contribution in [0.25, 0.3) is 11.5 Å². The highest BCUT2D eigenvalue weighted by Gasteiger charge is 2.07. The second-order valence-corrected chi connectivity index (χ2v) is 7.31. The lowest BCUT2D eigenvalue weighted by Crippen LogP contribution is -2.36. The maximum Gasteiger partial charge on any atom is 0.226 e. The molecule has 8 heteroatoms. The van der Waals surface area contributed by atoms with Gasteiger partial charge in [-0.1, -0.05) is 36.4 Å². The molecule has 2 aromatic carbocycles. The number of oxazole rings is 1. The molecule has 0 amide bonds. The Morgan fingerprint density at radius 1 is 0.941 bits per heavy atom. The van der Waals surface area contributed by atoms with E-state index >= 15 is 0 Å². The predicted octanol–water partition coefficient (Wildman–Crippen LogP) is 5.19. The molecular formula is C26H28IN5O2. The van der Waals surface area contributed by atoms with Crippen molar-refractivity contribution in [1.29, 1.82) is 0 Å². The number of aliphatic imine (C=N–C) groups is 1. The summed E-state index contributed by atoms with van der Waals surface area (Å²) in [5, 5.41) is 6.57. The van der Waals surface area contributed by atoms with Gasteiger partial charge in [-0.3, -0.25) is 4.98 Å². The number of nitrogens with zero attached hydrogens (tertiary/aromatic N) is 3. The zero-order valence-corrected chi connectivity index (χ0v) is 21.3. The summed E-state index contributed by atoms with van der Waals surface area (Å²) in [7, 11) is 0. The van der Waals surface area contributed by atoms with E-state index in [1.165, 1.54) is 0 Å². The number of benzene rings is 2. The van der Waals surface area contributed by atoms with Gasteiger partial charge in [0.25, 0.3) is 0 Å². The molecule has 0 spiro atoms. The smallest absolute Gasteiger partial charge is 0.226 e. The first kappa shape index (κ1) is 25.2. The summed E-state index contributed by atoms with van der Waals surface area (Å²) in [6, 6.07) is 23.6. The molecule has 0 aliphatic rings. The predicted molar refractivity (Wildman–Crippen MR) is 144 cm³/mol. The molecule has 0 fully saturated rings. The van der Waals surface area contributed by atoms with E-state index in [2.05, 4.69) is 25.6 Å². The van der Waals surface area contributed by atoms with Crippen LogP contribution in [-0.2, 0) is 19.7 Å². The van der Waals surface area contributed by atoms with Gasteiger partial charge in [-0.15, -0.1) is 24.0 Å². The average molecular weight is 569 g/mol. The standard InChI is InChI=1S/C26H27N5O2.HI/c1-2-27-26(30-17-23-19-33-25(31-23)21-8-4-3-5-9-21)29-16-20-11-13-24(14-12-20)32-18-22-10-6-7-15-28-22;/h3-15,19H,2,16-18H2,1H3,(H2,27,29,30);1H. The largest absolute Gasteiger partial charge is 0.487 e. The van der Waals surface area contributed by atoms with Gasteiger partial charge >= 0.3 is 0 Å². The van der Waals surface area contributed by atoms with E-state index < -0.39 is 0 Å². The van der Waals surface area contributed by atoms with Gasteiger partial charge in [0.05, 0.1) is 24.5 Å². The van der Waals surface area contributed by atoms with Crippen molar-refractivity contribution in [3.05, 3.63) is 102 Å². The summed E-state index contributed by atoms with van der Waals surface area (Å²) in [4.78, 5) is 13.5. The van der Waals surface area contributed by atoms with Crippen molar-refractivity contribution in [2.24, 2.45) is 4.99 Å². The molecule has 0 bridgehead atoms. The van der Waals surface area contributed by atoms with Crippen LogP contribution < -0.4 is 15.4 Å². The van der Waals surface area contributed by atoms with Crippen LogP contribution in [0.5, 0.6) is 5.75 Å². The summed E-state index contributed by atoms with van der Waals surface area (Å²) in [5.74, 6) is 2.13. The topological polar surface area (TPSA) is 84.6 Å². The lowest BCUT2D eigenvalue weighted by Gasteiger charge is -2.10. The van der Waals surface area contributed by atoms with Crippen molar-refractivity contribution < 1.29 is 9.15 Å². The molecule has 0 atom stereocenters. The Balaban J connectivity index is 0.00000324. The lowest BCUT2D eigenvalue weighted by molar-refractivity contribution is 0.301. The number of ether oxygens (including phenoxy) is 1. The van der Waals surface area contributed by atoms with E-state index in [9.17, 15) is 0 Å². The van der Waals surface area contributed by atoms with Crippen molar-refractivity contribution in [2.45, 2.75) is 26.6 Å². The van der Waals surface area contributed by atoms with Gasteiger partial charge in [0.1, 0.15) is 18.6 Å². The molecule has 2 N–H and O–H groups in total. The SMILES string of the molecule is CCNC(=NCc1ccc(OCc2ccccn2)cc1)NCc1coc(-c2ccccc2)n1.I. The summed E-state index contributed by atoms with van der Waals surface area (Å²) in [5.41, 5.74) is 3.76. The molecule has 176 valence electrons. The molecule has 7 nitrogen and oxygen atoms in total. The molecule has 0 radical (unpaired) electrons. The first-order chi connectivity index (χ1) is 16.3. The van der Waals surface area contributed by atoms with Crippen LogP contribution >= 0.6 is 24.0 Å². The highest BCUT2D eigenvalue weighted by atomic mass is 127. The van der Waals surface area contributed by atoms with E-state index in [0.29, 0.717) is 25.6 Å². The molecule has 0 aliphatic carbocycles. The monoisotopic (exact) mass is 569 g/mol. The Labute approximate surface area is 216 Å². The Kier molecular flexibility index (Phi) is 9.90. The number of halogens is 1. The van der Waals surface area contributed by atoms with Gasteiger partial charge in [0.15, 0.2) is 5.96 Å². The van der Waals surface area contributed by atoms with Gasteiger partial charge in [-0.25, -0.2) is 9.98 Å². The van der Waals surface area contributed by atoms with Crippen molar-refractivity contribution >= 4 is 29.9 Å². The Morgan fingerprint density at radius 2 is 1.74 bits per heavy atom. The lowest BCUT2D eigenvalue weighted by atomic mass is 10.2. The van der Waals surface area contributed by atoms with Crippen molar-refractivity contribution in [2.75, 3.05) is 6.54 Å². The minimum absolute atomic E-state index is 0. The fourth-order valence-electron chi connectivity index (χ4n) is 3.12. The van der Waals surface area contributed by atoms with Gasteiger partial charge in [-0.2, -0.15) is 0 Å². The molecule has 0 saturated carbocycles. The second-order valence-electron chi connectivity index (χ2n) is 7.31. The van der Waals surface area contributed by atoms with E-state index in [-0.39, 0.29) is 24.0 Å². The third-order valence-corrected chi connectivity index (χ3v) is 4.81. The number of guanidine groups is 1. The first-order valence-electron chi connectivity index (χ1n) is 10.9. The molecule has 4 rings (SSSR count). The molecule has 2 heterocycles. The van der Waals surface area contributed by atoms with E-state index in [0.717, 1.165) is 40.8 Å². The quantitative estimate of drug-likeness (QED) is 0.164. The number of hydrogen-bond donors (Lipinski definition) is 2. The van der Waals surface area contributed by atoms with E-state index in [4.69, 9.17) is 9.15 Å². The van der Waals surface area contributed by atoms with E-state index in [1.54, 1.807) is 12.5 Å². The van der Waals surface area contributed by atoms with Crippen LogP contribution in [0, 0.1) is 0 Å². The summed E-state index contributed by atoms with van der Waals surface area (Å²) < 4.78 is 11.4. The van der Waals surface area contributed by atoms with Crippen LogP contribution in [0.2, 0.25) is 0 Å². The van der Waals surface area contributed by atoms with Crippen LogP contribution in [0.1, 0.15) is 23.9 Å². The molecule has 4 aromatic rings. The van der Waals surface area contributed by atoms with Crippen LogP contribution in [0.15, 0.2) is 94.7 Å². The molecule has 0 unspecified atom stereocenters. The molecular weight excluding hydrogens is 541 g/mol. The fraction of sp³-hybridized carbons (Fsp3) is 0.192. The average Bonchev–Trinajstić information content (AvgIpc) is 3.35. The zero-order valence-electron chi connectivity index (χ0n) is 19.0. The Morgan fingerprint density at radius 3 is 2.47 bits per heavy atom. The maximum atomic E-state index is 5.79. The zero-order chi connectivity index (χ0) is 22.7. The number of aromatic nitrogens is 2. The molecule has 34 heavy (non-hydrogen) atoms. The molecule has 0 aliphatic heterocycles. The minimum atomic E-state index is 0. The fourth-order valence-corrected chi connectivity index (χ4v) is 3.12. The number of rotatable bonds is 9. The van der Waals surface area contributed by atoms with Gasteiger partial charge in [0, 0.05) is 18.3 Å². The van der Waals surface area contributed by atoms with Crippen LogP contribution in [0.4, 0.5) is 0 Å². The summed E-state index contributed by atoms with van der Waals surface area (Å²) in [6.45, 7) is 4.31. The van der Waals surface area contributed by atoms with Crippen LogP contribution in [0.3, 0.4) is 0 Å². The van der Waals surface area contributed by atoms with Gasteiger partial charge < -0.3 is 19.8 Å². The normalized spacial score (nSPS) is 10.9. The van der Waals surface area contributed by atoms with Crippen molar-refractivity contribution in [1.82, 2.24) is 20.6 Å². The Bertz CT molecular complexity index is 1150. The third kappa shape index (κ3) is 7.58. The highest BCUT2D eigenvalue weighted by molar-refractivity contribution is 14.0.